The first-order chi connectivity index (χ1) is 65.0. The summed E-state index contributed by atoms with van der Waals surface area (Å²) in [6.07, 6.45) is -1.27. The molecule has 1 aliphatic heterocycles. The second-order valence-electron chi connectivity index (χ2n) is 34.4. The number of carbonyl (C=O) groups is 17. The Bertz CT molecular complexity index is 5220. The quantitative estimate of drug-likeness (QED) is 0.0146. The zero-order valence-corrected chi connectivity index (χ0v) is 78.7. The predicted molar refractivity (Wildman–Crippen MR) is 509 cm³/mol. The molecule has 0 spiro atoms. The van der Waals surface area contributed by atoms with E-state index < -0.39 is 247 Å². The molecule has 0 saturated carbocycles. The summed E-state index contributed by atoms with van der Waals surface area (Å²) in [4.78, 5) is 252. The number of aromatic hydroxyl groups is 1. The van der Waals surface area contributed by atoms with Crippen LogP contribution in [0.25, 0.3) is 22.0 Å². The number of nitrogens with zero attached hydrogens (tertiary/aromatic N) is 2. The SMILES string of the molecule is CC(C)C[C@@H]1NC(=O)[C@H](CCCNC(=N)N)NC(=O)[C@H](Cc2ccccc2)N(C)C(=O)[C@H](C)N(C)C(=O)[C@H](CCCNC(=N)N)NC(=O)[C@H](Cc2ccc(-c3ccccc3)cc2)NC(=O)[C@H](C(C)C)NC(=O)[C@H](Cc2c[nH]c3ccccc23)NC(=O)[C@H](CC(=O)O)NC(=O)[C@H](Cc2ccc(O)cc2)NC(=O)CNC(=O)CSC[C@@H](C(=O)NCC(N)=O)NC(=O)[C@H](CO)NC(=O)[C@H](C(C)C)NC1=O. The van der Waals surface area contributed by atoms with Crippen LogP contribution in [0.4, 0.5) is 0 Å². The van der Waals surface area contributed by atoms with Gasteiger partial charge in [-0.05, 0) is 108 Å². The Morgan fingerprint density at radius 2 is 0.942 bits per heavy atom. The fraction of sp³-hybridized carbons (Fsp3) is 0.452. The van der Waals surface area contributed by atoms with Crippen LogP contribution < -0.4 is 97.0 Å². The number of amides is 16. The smallest absolute Gasteiger partial charge is 0.305 e. The highest BCUT2D eigenvalue weighted by molar-refractivity contribution is 8.00. The third-order valence-corrected chi connectivity index (χ3v) is 23.5. The first kappa shape index (κ1) is 109. The summed E-state index contributed by atoms with van der Waals surface area (Å²) in [6, 6.07) is 15.6. The van der Waals surface area contributed by atoms with Crippen LogP contribution in [0.5, 0.6) is 5.75 Å². The Balaban J connectivity index is 1.33. The number of benzene rings is 5. The lowest BCUT2D eigenvalue weighted by Crippen LogP contribution is -2.62. The van der Waals surface area contributed by atoms with Crippen LogP contribution in [0.3, 0.4) is 0 Å². The van der Waals surface area contributed by atoms with Crippen molar-refractivity contribution in [2.45, 2.75) is 191 Å². The zero-order chi connectivity index (χ0) is 101. The fourth-order valence-corrected chi connectivity index (χ4v) is 15.7. The number of carbonyl (C=O) groups excluding carboxylic acids is 16. The van der Waals surface area contributed by atoms with Gasteiger partial charge in [0.05, 0.1) is 31.9 Å². The van der Waals surface area contributed by atoms with E-state index in [1.165, 1.54) is 59.1 Å². The van der Waals surface area contributed by atoms with Gasteiger partial charge >= 0.3 is 5.97 Å². The van der Waals surface area contributed by atoms with Crippen molar-refractivity contribution >= 4 is 135 Å². The van der Waals surface area contributed by atoms with Crippen molar-refractivity contribution in [3.63, 3.8) is 0 Å². The highest BCUT2D eigenvalue weighted by atomic mass is 32.2. The molecule has 5 aromatic carbocycles. The molecule has 27 N–H and O–H groups in total. The van der Waals surface area contributed by atoms with Crippen molar-refractivity contribution in [1.82, 2.24) is 94.5 Å². The number of aliphatic hydroxyl groups is 1. The van der Waals surface area contributed by atoms with E-state index in [0.29, 0.717) is 44.9 Å². The molecule has 740 valence electrons. The second-order valence-corrected chi connectivity index (χ2v) is 35.4. The molecule has 16 amide bonds. The lowest BCUT2D eigenvalue weighted by Gasteiger charge is -2.35. The summed E-state index contributed by atoms with van der Waals surface area (Å²) < 4.78 is 0. The topological polar surface area (TPSA) is 679 Å². The van der Waals surface area contributed by atoms with Gasteiger partial charge in [-0.25, -0.2) is 0 Å². The number of likely N-dealkylation sites (N-methyl/N-ethyl adjacent to an activating group) is 2. The molecule has 0 radical (unpaired) electrons. The van der Waals surface area contributed by atoms with Crippen LogP contribution in [0, 0.1) is 28.6 Å². The number of fused-ring (bicyclic) bond motifs is 1. The van der Waals surface area contributed by atoms with Gasteiger partial charge in [0, 0.05) is 75.7 Å². The molecule has 13 atom stereocenters. The van der Waals surface area contributed by atoms with Crippen molar-refractivity contribution in [3.05, 3.63) is 162 Å². The van der Waals surface area contributed by atoms with Gasteiger partial charge in [-0.2, -0.15) is 0 Å². The number of nitrogens with one attached hydrogen (secondary N) is 18. The highest BCUT2D eigenvalue weighted by Crippen LogP contribution is 2.24. The Morgan fingerprint density at radius 3 is 1.50 bits per heavy atom. The maximum Gasteiger partial charge on any atom is 0.305 e. The summed E-state index contributed by atoms with van der Waals surface area (Å²) in [5, 5.41) is 86.1. The van der Waals surface area contributed by atoms with Crippen molar-refractivity contribution in [2.24, 2.45) is 35.0 Å². The van der Waals surface area contributed by atoms with Gasteiger partial charge < -0.3 is 127 Å². The Morgan fingerprint density at radius 1 is 0.482 bits per heavy atom. The molecule has 1 saturated heterocycles. The summed E-state index contributed by atoms with van der Waals surface area (Å²) in [5.41, 5.74) is 20.6. The minimum atomic E-state index is -2.05. The molecule has 0 unspecified atom stereocenters. The molecule has 44 heteroatoms. The molecule has 43 nitrogen and oxygen atoms in total. The molecule has 7 rings (SSSR count). The van der Waals surface area contributed by atoms with Gasteiger partial charge in [0.25, 0.3) is 0 Å². The van der Waals surface area contributed by atoms with E-state index in [1.54, 1.807) is 113 Å². The number of primary amides is 1. The molecule has 6 aromatic rings. The minimum Gasteiger partial charge on any atom is -0.508 e. The zero-order valence-electron chi connectivity index (χ0n) is 77.9. The summed E-state index contributed by atoms with van der Waals surface area (Å²) in [7, 11) is 2.58. The first-order valence-electron chi connectivity index (χ1n) is 44.8. The summed E-state index contributed by atoms with van der Waals surface area (Å²) in [5.74, 6) is -21.9. The summed E-state index contributed by atoms with van der Waals surface area (Å²) in [6.45, 7) is 8.25. The first-order valence-corrected chi connectivity index (χ1v) is 45.9. The van der Waals surface area contributed by atoms with Gasteiger partial charge in [0.15, 0.2) is 11.9 Å². The van der Waals surface area contributed by atoms with E-state index in [4.69, 9.17) is 28.0 Å². The van der Waals surface area contributed by atoms with Gasteiger partial charge in [-0.3, -0.25) is 92.3 Å². The molecule has 0 bridgehead atoms. The number of aliphatic hydroxyl groups excluding tert-OH is 1. The maximum atomic E-state index is 15.6. The van der Waals surface area contributed by atoms with E-state index in [1.807, 2.05) is 30.3 Å². The lowest BCUT2D eigenvalue weighted by molar-refractivity contribution is -0.148. The number of aliphatic carboxylic acids is 1. The Hall–Kier alpha value is -14.7. The maximum absolute atomic E-state index is 15.6. The number of hydrogen-bond donors (Lipinski definition) is 24. The number of rotatable bonds is 27. The monoisotopic (exact) mass is 1920 g/mol. The van der Waals surface area contributed by atoms with E-state index in [2.05, 4.69) is 84.7 Å². The number of phenolic OH excluding ortho intramolecular Hbond substituents is 1. The number of nitrogens with two attached hydrogens (primary N) is 3. The Kier molecular flexibility index (Phi) is 43.1. The Labute approximate surface area is 796 Å². The van der Waals surface area contributed by atoms with Crippen LogP contribution in [0.1, 0.15) is 109 Å². The van der Waals surface area contributed by atoms with Crippen LogP contribution in [-0.4, -0.2) is 279 Å². The average Bonchev–Trinajstić information content (AvgIpc) is 1.70. The van der Waals surface area contributed by atoms with Gasteiger partial charge in [-0.1, -0.05) is 157 Å². The second kappa shape index (κ2) is 54.0. The number of carboxylic acids is 1. The van der Waals surface area contributed by atoms with E-state index in [-0.39, 0.29) is 76.1 Å². The fourth-order valence-electron chi connectivity index (χ4n) is 14.8. The van der Waals surface area contributed by atoms with Gasteiger partial charge in [-0.15, -0.1) is 11.8 Å². The van der Waals surface area contributed by atoms with Crippen molar-refractivity contribution < 1.29 is 96.8 Å². The van der Waals surface area contributed by atoms with E-state index in [0.717, 1.165) is 20.9 Å². The lowest BCUT2D eigenvalue weighted by atomic mass is 9.98. The predicted octanol–water partition coefficient (Wildman–Crippen LogP) is -2.37. The molecule has 1 aromatic heterocycles. The van der Waals surface area contributed by atoms with Crippen molar-refractivity contribution in [2.75, 3.05) is 58.4 Å². The largest absolute Gasteiger partial charge is 0.508 e. The van der Waals surface area contributed by atoms with Crippen molar-refractivity contribution in [1.29, 1.82) is 10.8 Å². The molecule has 2 heterocycles. The van der Waals surface area contributed by atoms with Crippen LogP contribution >= 0.6 is 11.8 Å². The number of hydrogen-bond acceptors (Lipinski definition) is 22. The van der Waals surface area contributed by atoms with Crippen molar-refractivity contribution in [3.8, 4) is 16.9 Å². The molecule has 0 aliphatic carbocycles. The average molecular weight is 1920 g/mol. The van der Waals surface area contributed by atoms with Crippen LogP contribution in [0.15, 0.2) is 140 Å². The molecule has 1 aliphatic rings. The number of phenols is 1. The van der Waals surface area contributed by atoms with E-state index in [9.17, 15) is 63.3 Å². The number of carboxylic acid groups (broad SMARTS) is 1. The number of guanidine groups is 2. The number of H-pyrrole nitrogens is 1. The molecular weight excluding hydrogens is 1790 g/mol. The number of para-hydroxylation sites is 1. The van der Waals surface area contributed by atoms with Gasteiger partial charge in [0.2, 0.25) is 94.5 Å². The molecule has 1 fully saturated rings. The third kappa shape index (κ3) is 35.2. The van der Waals surface area contributed by atoms with E-state index >= 15 is 33.6 Å². The summed E-state index contributed by atoms with van der Waals surface area (Å²) >= 11 is 0.697. The number of aromatic nitrogens is 1. The third-order valence-electron chi connectivity index (χ3n) is 22.5. The standard InChI is InChI=1S/C93H127N23O20S/c1-50(2)38-65-84(129)113-78(52(5)6)89(134)111-70(47-117)86(131)112-71(79(124)103-45-73(94)119)48-137-49-75(121)102-46-74(120)104-66(39-56-30-34-60(118)35-31-56)81(126)109-69(43-76(122)123)83(128)108-68(42-59-44-101-62-25-17-16-24-61(59)62)85(130)114-77(51(3)4)88(133)110-67(40-55-28-32-58(33-29-55)57-22-14-11-15-23-57)82(127)106-64(27-19-37-100-93(97)98)91(136)115(8)53(7)90(135)116(9)72(41-54-20-12-10-13-21-54)87(132)105-63(80(125)107-65)26-18-36-99-92(95)96/h10-17,20-25,28-35,44,50-53,63-72,77-78,101,117-118H,18-19,26-27,36-43,45-49H2,1-9H3,(H2,94,119)(H,102,121)(H,103,124)(H,104,120)(H,105,132)(H,106,127)(H,107,125)(H,108,128)(H,109,126)(H,110,133)(H,111,134)(H,112,131)(H,113,129)(H,114,130)(H,122,123)(H4,95,96,99)(H4,97,98,100)/t53-,63-,64-,65-,66-,67-,68-,69-,70-,71-,72-,77-,78-/m0/s1. The highest BCUT2D eigenvalue weighted by Gasteiger charge is 2.42. The number of aromatic amines is 1. The molecular formula is C93H127N23O20S. The van der Waals surface area contributed by atoms with Gasteiger partial charge in [0.1, 0.15) is 84.3 Å². The van der Waals surface area contributed by atoms with Crippen LogP contribution in [0.2, 0.25) is 0 Å². The minimum absolute atomic E-state index is 0.00310. The van der Waals surface area contributed by atoms with Crippen LogP contribution in [-0.2, 0) is 107 Å². The molecule has 137 heavy (non-hydrogen) atoms. The normalized spacial score (nSPS) is 22.4. The number of thioether (sulfide) groups is 1.